The van der Waals surface area contributed by atoms with E-state index in [9.17, 15) is 9.59 Å². The molecular weight excluding hydrogens is 200 g/mol. The lowest BCUT2D eigenvalue weighted by molar-refractivity contribution is -0.137. The first-order valence-electron chi connectivity index (χ1n) is 3.64. The molecule has 0 unspecified atom stereocenters. The Hall–Kier alpha value is -1.27. The monoisotopic (exact) mass is 222 g/mol. The van der Waals surface area contributed by atoms with E-state index < -0.39 is 12.0 Å². The molecule has 0 saturated heterocycles. The topological polar surface area (TPSA) is 123 Å². The van der Waals surface area contributed by atoms with Crippen LogP contribution in [-0.4, -0.2) is 36.2 Å². The van der Waals surface area contributed by atoms with Crippen molar-refractivity contribution in [3.05, 3.63) is 0 Å². The third kappa shape index (κ3) is 32.4. The summed E-state index contributed by atoms with van der Waals surface area (Å²) in [5.74, 6) is -0.924. The number of aldehydes is 2. The molecule has 1 atom stereocenters. The highest BCUT2D eigenvalue weighted by atomic mass is 16.4. The van der Waals surface area contributed by atoms with E-state index in [1.807, 2.05) is 0 Å². The van der Waals surface area contributed by atoms with Gasteiger partial charge in [-0.15, -0.1) is 0 Å². The molecule has 6 heteroatoms. The molecule has 0 spiro atoms. The molecule has 0 rings (SSSR count). The van der Waals surface area contributed by atoms with E-state index in [-0.39, 0.29) is 34.2 Å². The van der Waals surface area contributed by atoms with E-state index in [1.54, 1.807) is 0 Å². The summed E-state index contributed by atoms with van der Waals surface area (Å²) in [4.78, 5) is 28.7. The van der Waals surface area contributed by atoms with Crippen molar-refractivity contribution in [1.82, 2.24) is 0 Å². The normalized spacial score (nSPS) is 9.20. The molecule has 0 bridgehead atoms. The van der Waals surface area contributed by atoms with Gasteiger partial charge in [0.2, 0.25) is 0 Å². The Morgan fingerprint density at radius 1 is 1.33 bits per heavy atom. The summed E-state index contributed by atoms with van der Waals surface area (Å²) in [6.45, 7) is 0.139. The molecule has 0 aliphatic carbocycles. The summed E-state index contributed by atoms with van der Waals surface area (Å²) in [6, 6.07) is -0.624. The number of carboxylic acid groups (broad SMARTS) is 1. The van der Waals surface area contributed by atoms with Crippen molar-refractivity contribution in [3.8, 4) is 0 Å². The average Bonchev–Trinajstić information content (AvgIpc) is 2.14. The summed E-state index contributed by atoms with van der Waals surface area (Å²) in [6.07, 6.45) is 1.38. The predicted molar refractivity (Wildman–Crippen MR) is 59.5 cm³/mol. The maximum atomic E-state index is 9.85. The molecule has 5 N–H and O–H groups in total. The fourth-order valence-corrected chi connectivity index (χ4v) is 0.358. The third-order valence-corrected chi connectivity index (χ3v) is 0.963. The van der Waals surface area contributed by atoms with E-state index in [0.29, 0.717) is 12.6 Å². The molecule has 0 aromatic rings. The first-order valence-corrected chi connectivity index (χ1v) is 3.64. The molecule has 92 valence electrons. The van der Waals surface area contributed by atoms with Crippen LogP contribution in [-0.2, 0) is 14.4 Å². The van der Waals surface area contributed by atoms with Crippen LogP contribution in [0.1, 0.15) is 27.7 Å². The molecule has 0 aliphatic heterocycles. The molecule has 6 nitrogen and oxygen atoms in total. The Labute approximate surface area is 90.6 Å². The second kappa shape index (κ2) is 18.5. The van der Waals surface area contributed by atoms with Gasteiger partial charge in [0.1, 0.15) is 12.6 Å². The SMILES string of the molecule is C.C.NCC=O.N[C@@H](C=O)CCC(=O)O. The van der Waals surface area contributed by atoms with Crippen LogP contribution in [0.3, 0.4) is 0 Å². The lowest BCUT2D eigenvalue weighted by Crippen LogP contribution is -2.22. The lowest BCUT2D eigenvalue weighted by atomic mass is 10.2. The summed E-state index contributed by atoms with van der Waals surface area (Å²) >= 11 is 0. The van der Waals surface area contributed by atoms with E-state index >= 15 is 0 Å². The Morgan fingerprint density at radius 3 is 1.93 bits per heavy atom. The summed E-state index contributed by atoms with van der Waals surface area (Å²) in [5.41, 5.74) is 9.75. The maximum absolute atomic E-state index is 9.85. The molecule has 0 aromatic carbocycles. The number of hydrogen-bond acceptors (Lipinski definition) is 5. The van der Waals surface area contributed by atoms with Gasteiger partial charge >= 0.3 is 5.97 Å². The number of hydrogen-bond donors (Lipinski definition) is 3. The highest BCUT2D eigenvalue weighted by Gasteiger charge is 2.02. The van der Waals surface area contributed by atoms with Gasteiger partial charge in [-0.3, -0.25) is 4.79 Å². The van der Waals surface area contributed by atoms with E-state index in [2.05, 4.69) is 5.73 Å². The quantitative estimate of drug-likeness (QED) is 0.553. The van der Waals surface area contributed by atoms with Gasteiger partial charge in [0, 0.05) is 13.0 Å². The third-order valence-electron chi connectivity index (χ3n) is 0.963. The molecular formula is C9H22N2O4. The molecule has 0 aliphatic rings. The fourth-order valence-electron chi connectivity index (χ4n) is 0.358. The smallest absolute Gasteiger partial charge is 0.303 e. The van der Waals surface area contributed by atoms with E-state index in [0.717, 1.165) is 0 Å². The Balaban J connectivity index is -0.0000000883. The van der Waals surface area contributed by atoms with Gasteiger partial charge in [0.15, 0.2) is 0 Å². The van der Waals surface area contributed by atoms with Crippen molar-refractivity contribution in [2.45, 2.75) is 33.7 Å². The number of rotatable bonds is 5. The fraction of sp³-hybridized carbons (Fsp3) is 0.667. The molecule has 0 saturated carbocycles. The molecule has 15 heavy (non-hydrogen) atoms. The first-order chi connectivity index (χ1) is 6.08. The van der Waals surface area contributed by atoms with Gasteiger partial charge in [0.25, 0.3) is 0 Å². The first kappa shape index (κ1) is 23.5. The van der Waals surface area contributed by atoms with Gasteiger partial charge in [-0.05, 0) is 6.42 Å². The Kier molecular flexibility index (Phi) is 29.0. The van der Waals surface area contributed by atoms with Crippen LogP contribution >= 0.6 is 0 Å². The van der Waals surface area contributed by atoms with Crippen LogP contribution in [0.25, 0.3) is 0 Å². The van der Waals surface area contributed by atoms with Crippen LogP contribution in [0.2, 0.25) is 0 Å². The summed E-state index contributed by atoms with van der Waals surface area (Å²) in [7, 11) is 0. The molecule has 0 fully saturated rings. The second-order valence-corrected chi connectivity index (χ2v) is 2.13. The van der Waals surface area contributed by atoms with Crippen molar-refractivity contribution in [2.24, 2.45) is 11.5 Å². The molecule has 0 amide bonds. The van der Waals surface area contributed by atoms with Crippen molar-refractivity contribution < 1.29 is 19.5 Å². The van der Waals surface area contributed by atoms with Crippen LogP contribution in [0, 0.1) is 0 Å². The molecule has 0 aromatic heterocycles. The van der Waals surface area contributed by atoms with Crippen LogP contribution in [0.15, 0.2) is 0 Å². The van der Waals surface area contributed by atoms with Gasteiger partial charge in [-0.1, -0.05) is 14.9 Å². The highest BCUT2D eigenvalue weighted by Crippen LogP contribution is 1.90. The summed E-state index contributed by atoms with van der Waals surface area (Å²) < 4.78 is 0. The minimum atomic E-state index is -0.924. The number of carbonyl (C=O) groups excluding carboxylic acids is 2. The maximum Gasteiger partial charge on any atom is 0.303 e. The van der Waals surface area contributed by atoms with Crippen molar-refractivity contribution >= 4 is 18.5 Å². The zero-order chi connectivity index (χ0) is 10.7. The van der Waals surface area contributed by atoms with Gasteiger partial charge < -0.3 is 26.2 Å². The predicted octanol–water partition coefficient (Wildman–Crippen LogP) is -0.206. The van der Waals surface area contributed by atoms with E-state index in [1.165, 1.54) is 0 Å². The van der Waals surface area contributed by atoms with Crippen LogP contribution in [0.4, 0.5) is 0 Å². The zero-order valence-corrected chi connectivity index (χ0v) is 7.18. The number of carboxylic acids is 1. The minimum absolute atomic E-state index is 0. The second-order valence-electron chi connectivity index (χ2n) is 2.13. The minimum Gasteiger partial charge on any atom is -0.481 e. The van der Waals surface area contributed by atoms with Gasteiger partial charge in [-0.25, -0.2) is 0 Å². The van der Waals surface area contributed by atoms with Crippen LogP contribution in [0.5, 0.6) is 0 Å². The van der Waals surface area contributed by atoms with E-state index in [4.69, 9.17) is 15.6 Å². The van der Waals surface area contributed by atoms with Crippen LogP contribution < -0.4 is 11.5 Å². The Bertz CT molecular complexity index is 162. The van der Waals surface area contributed by atoms with Crippen molar-refractivity contribution in [3.63, 3.8) is 0 Å². The number of aliphatic carboxylic acids is 1. The number of carbonyl (C=O) groups is 3. The Morgan fingerprint density at radius 2 is 1.73 bits per heavy atom. The number of nitrogens with two attached hydrogens (primary N) is 2. The zero-order valence-electron chi connectivity index (χ0n) is 7.18. The average molecular weight is 222 g/mol. The standard InChI is InChI=1S/C5H9NO3.C2H5NO.2CH4/c6-4(3-7)1-2-5(8)9;3-1-2-4;;/h3-4H,1-2,6H2,(H,8,9);2H,1,3H2;2*1H4/t4-;;;/m1.../s1. The molecule has 0 radical (unpaired) electrons. The lowest BCUT2D eigenvalue weighted by Gasteiger charge is -1.97. The van der Waals surface area contributed by atoms with Crippen molar-refractivity contribution in [2.75, 3.05) is 6.54 Å². The van der Waals surface area contributed by atoms with Gasteiger partial charge in [-0.2, -0.15) is 0 Å². The van der Waals surface area contributed by atoms with Crippen molar-refractivity contribution in [1.29, 1.82) is 0 Å². The largest absolute Gasteiger partial charge is 0.481 e. The highest BCUT2D eigenvalue weighted by molar-refractivity contribution is 5.68. The summed E-state index contributed by atoms with van der Waals surface area (Å²) in [5, 5.41) is 8.09. The van der Waals surface area contributed by atoms with Gasteiger partial charge in [0.05, 0.1) is 6.04 Å². The molecule has 0 heterocycles.